The number of hydrogen-bond donors (Lipinski definition) is 3. The van der Waals surface area contributed by atoms with Gasteiger partial charge in [0.05, 0.1) is 16.9 Å². The van der Waals surface area contributed by atoms with E-state index in [9.17, 15) is 4.79 Å². The summed E-state index contributed by atoms with van der Waals surface area (Å²) < 4.78 is 0. The number of nitrogens with zero attached hydrogens (tertiary/aromatic N) is 1. The van der Waals surface area contributed by atoms with Crippen LogP contribution in [0.3, 0.4) is 0 Å². The summed E-state index contributed by atoms with van der Waals surface area (Å²) in [7, 11) is 0. The maximum atomic E-state index is 11.7. The van der Waals surface area contributed by atoms with Crippen LogP contribution in [-0.4, -0.2) is 16.2 Å². The Kier molecular flexibility index (Phi) is 3.30. The third-order valence-corrected chi connectivity index (χ3v) is 2.52. The molecule has 0 aliphatic rings. The number of aromatic nitrogens is 2. The van der Waals surface area contributed by atoms with Crippen molar-refractivity contribution in [2.75, 3.05) is 10.6 Å². The van der Waals surface area contributed by atoms with Gasteiger partial charge in [-0.1, -0.05) is 23.7 Å². The molecular formula is C11H11ClN4O. The Balaban J connectivity index is 2.03. The lowest BCUT2D eigenvalue weighted by Gasteiger charge is -2.07. The zero-order valence-electron chi connectivity index (χ0n) is 9.12. The molecule has 0 radical (unpaired) electrons. The van der Waals surface area contributed by atoms with Crippen LogP contribution in [0.5, 0.6) is 0 Å². The van der Waals surface area contributed by atoms with Crippen LogP contribution in [0.4, 0.5) is 16.3 Å². The predicted octanol–water partition coefficient (Wildman–Crippen LogP) is 3.02. The first-order valence-corrected chi connectivity index (χ1v) is 5.37. The predicted molar refractivity (Wildman–Crippen MR) is 67.4 cm³/mol. The second-order valence-electron chi connectivity index (χ2n) is 3.49. The Morgan fingerprint density at radius 3 is 2.76 bits per heavy atom. The summed E-state index contributed by atoms with van der Waals surface area (Å²) in [4.78, 5) is 11.7. The minimum atomic E-state index is -0.370. The highest BCUT2D eigenvalue weighted by Gasteiger charge is 2.07. The Morgan fingerprint density at radius 2 is 2.12 bits per heavy atom. The number of halogens is 1. The summed E-state index contributed by atoms with van der Waals surface area (Å²) in [5, 5.41) is 12.3. The number of carbonyl (C=O) groups excluding carboxylic acids is 1. The molecule has 2 amide bonds. The van der Waals surface area contributed by atoms with Crippen LogP contribution in [0.15, 0.2) is 30.5 Å². The molecular weight excluding hydrogens is 240 g/mol. The summed E-state index contributed by atoms with van der Waals surface area (Å²) >= 11 is 5.92. The van der Waals surface area contributed by atoms with Crippen LogP contribution in [0.1, 0.15) is 5.56 Å². The lowest BCUT2D eigenvalue weighted by Crippen LogP contribution is -2.20. The van der Waals surface area contributed by atoms with E-state index in [-0.39, 0.29) is 6.03 Å². The summed E-state index contributed by atoms with van der Waals surface area (Å²) in [6.07, 6.45) is 1.63. The molecule has 0 aliphatic heterocycles. The summed E-state index contributed by atoms with van der Waals surface area (Å²) in [5.74, 6) is 0.564. The van der Waals surface area contributed by atoms with Crippen molar-refractivity contribution < 1.29 is 4.79 Å². The molecule has 0 saturated heterocycles. The molecule has 3 N–H and O–H groups in total. The highest BCUT2D eigenvalue weighted by Crippen LogP contribution is 2.20. The van der Waals surface area contributed by atoms with Crippen molar-refractivity contribution in [2.24, 2.45) is 0 Å². The van der Waals surface area contributed by atoms with E-state index in [4.69, 9.17) is 11.6 Å². The fraction of sp³-hybridized carbons (Fsp3) is 0.0909. The number of anilines is 2. The van der Waals surface area contributed by atoms with E-state index in [1.54, 1.807) is 30.5 Å². The Hall–Kier alpha value is -2.01. The van der Waals surface area contributed by atoms with Gasteiger partial charge < -0.3 is 5.32 Å². The first kappa shape index (κ1) is 11.5. The molecule has 0 unspecified atom stereocenters. The molecule has 2 aromatic rings. The number of benzene rings is 1. The third kappa shape index (κ3) is 2.76. The van der Waals surface area contributed by atoms with E-state index in [0.29, 0.717) is 16.5 Å². The molecule has 1 aromatic heterocycles. The molecule has 0 saturated carbocycles. The van der Waals surface area contributed by atoms with Crippen LogP contribution in [0.2, 0.25) is 5.02 Å². The quantitative estimate of drug-likeness (QED) is 0.767. The van der Waals surface area contributed by atoms with Crippen molar-refractivity contribution in [1.82, 2.24) is 10.2 Å². The smallest absolute Gasteiger partial charge is 0.306 e. The van der Waals surface area contributed by atoms with Crippen molar-refractivity contribution in [3.05, 3.63) is 41.0 Å². The van der Waals surface area contributed by atoms with Gasteiger partial charge in [-0.25, -0.2) is 4.79 Å². The van der Waals surface area contributed by atoms with Crippen molar-refractivity contribution in [1.29, 1.82) is 0 Å². The Labute approximate surface area is 103 Å². The number of para-hydroxylation sites is 1. The number of aromatic amines is 1. The van der Waals surface area contributed by atoms with Gasteiger partial charge in [-0.3, -0.25) is 10.4 Å². The van der Waals surface area contributed by atoms with Crippen molar-refractivity contribution in [3.63, 3.8) is 0 Å². The molecule has 1 heterocycles. The monoisotopic (exact) mass is 250 g/mol. The molecule has 0 bridgehead atoms. The van der Waals surface area contributed by atoms with Gasteiger partial charge in [-0.2, -0.15) is 5.10 Å². The first-order chi connectivity index (χ1) is 8.16. The van der Waals surface area contributed by atoms with Crippen molar-refractivity contribution in [3.8, 4) is 0 Å². The van der Waals surface area contributed by atoms with E-state index in [0.717, 1.165) is 5.56 Å². The van der Waals surface area contributed by atoms with E-state index in [1.807, 2.05) is 6.92 Å². The number of nitrogens with one attached hydrogen (secondary N) is 3. The SMILES string of the molecule is Cc1cn[nH]c1NC(=O)Nc1ccccc1Cl. The van der Waals surface area contributed by atoms with Crippen molar-refractivity contribution >= 4 is 29.1 Å². The summed E-state index contributed by atoms with van der Waals surface area (Å²) in [6, 6.07) is 6.65. The third-order valence-electron chi connectivity index (χ3n) is 2.19. The van der Waals surface area contributed by atoms with E-state index >= 15 is 0 Å². The van der Waals surface area contributed by atoms with Gasteiger partial charge in [0.1, 0.15) is 5.82 Å². The fourth-order valence-corrected chi connectivity index (χ4v) is 1.49. The molecule has 2 rings (SSSR count). The number of H-pyrrole nitrogens is 1. The van der Waals surface area contributed by atoms with Crippen LogP contribution in [0, 0.1) is 6.92 Å². The molecule has 17 heavy (non-hydrogen) atoms. The first-order valence-electron chi connectivity index (χ1n) is 4.99. The van der Waals surface area contributed by atoms with Gasteiger partial charge >= 0.3 is 6.03 Å². The summed E-state index contributed by atoms with van der Waals surface area (Å²) in [6.45, 7) is 1.84. The standard InChI is InChI=1S/C11H11ClN4O/c1-7-6-13-16-10(7)15-11(17)14-9-5-3-2-4-8(9)12/h2-6H,1H3,(H3,13,14,15,16,17). The van der Waals surface area contributed by atoms with E-state index in [1.165, 1.54) is 0 Å². The Morgan fingerprint density at radius 1 is 1.35 bits per heavy atom. The molecule has 0 atom stereocenters. The highest BCUT2D eigenvalue weighted by molar-refractivity contribution is 6.33. The molecule has 6 heteroatoms. The maximum Gasteiger partial charge on any atom is 0.324 e. The zero-order chi connectivity index (χ0) is 12.3. The van der Waals surface area contributed by atoms with E-state index in [2.05, 4.69) is 20.8 Å². The van der Waals surface area contributed by atoms with Crippen LogP contribution < -0.4 is 10.6 Å². The molecule has 1 aromatic carbocycles. The van der Waals surface area contributed by atoms with Gasteiger partial charge in [0, 0.05) is 5.56 Å². The van der Waals surface area contributed by atoms with Gasteiger partial charge in [-0.15, -0.1) is 0 Å². The summed E-state index contributed by atoms with van der Waals surface area (Å²) in [5.41, 5.74) is 1.42. The normalized spacial score (nSPS) is 10.0. The Bertz CT molecular complexity index is 538. The topological polar surface area (TPSA) is 69.8 Å². The minimum Gasteiger partial charge on any atom is -0.306 e. The number of carbonyl (C=O) groups is 1. The van der Waals surface area contributed by atoms with E-state index < -0.39 is 0 Å². The molecule has 5 nitrogen and oxygen atoms in total. The number of hydrogen-bond acceptors (Lipinski definition) is 2. The molecule has 0 aliphatic carbocycles. The maximum absolute atomic E-state index is 11.7. The number of urea groups is 1. The molecule has 88 valence electrons. The number of aryl methyl sites for hydroxylation is 1. The average molecular weight is 251 g/mol. The number of rotatable bonds is 2. The van der Waals surface area contributed by atoms with Crippen LogP contribution in [0.25, 0.3) is 0 Å². The van der Waals surface area contributed by atoms with Gasteiger partial charge in [0.2, 0.25) is 0 Å². The minimum absolute atomic E-state index is 0.370. The van der Waals surface area contributed by atoms with Crippen LogP contribution in [-0.2, 0) is 0 Å². The van der Waals surface area contributed by atoms with Crippen LogP contribution >= 0.6 is 11.6 Å². The zero-order valence-corrected chi connectivity index (χ0v) is 9.88. The fourth-order valence-electron chi connectivity index (χ4n) is 1.30. The lowest BCUT2D eigenvalue weighted by atomic mass is 10.3. The van der Waals surface area contributed by atoms with Crippen molar-refractivity contribution in [2.45, 2.75) is 6.92 Å². The molecule has 0 spiro atoms. The van der Waals surface area contributed by atoms with Gasteiger partial charge in [0.25, 0.3) is 0 Å². The van der Waals surface area contributed by atoms with Gasteiger partial charge in [-0.05, 0) is 19.1 Å². The average Bonchev–Trinajstić information content (AvgIpc) is 2.68. The lowest BCUT2D eigenvalue weighted by molar-refractivity contribution is 0.262. The second kappa shape index (κ2) is 4.88. The highest BCUT2D eigenvalue weighted by atomic mass is 35.5. The van der Waals surface area contributed by atoms with Gasteiger partial charge in [0.15, 0.2) is 0 Å². The molecule has 0 fully saturated rings. The number of amides is 2. The largest absolute Gasteiger partial charge is 0.324 e. The second-order valence-corrected chi connectivity index (χ2v) is 3.89.